The molecule has 0 bridgehead atoms. The second-order valence-corrected chi connectivity index (χ2v) is 5.18. The minimum atomic E-state index is 0.452. The maximum Gasteiger partial charge on any atom is 0.119 e. The first-order valence-electron chi connectivity index (χ1n) is 6.34. The Morgan fingerprint density at radius 2 is 1.75 bits per heavy atom. The number of aromatic hydroxyl groups is 1. The topological polar surface area (TPSA) is 20.2 Å². The molecule has 0 fully saturated rings. The first-order chi connectivity index (χ1) is 7.56. The van der Waals surface area contributed by atoms with E-state index in [9.17, 15) is 5.11 Å². The molecule has 1 aromatic rings. The first kappa shape index (κ1) is 13.1. The SMILES string of the molecule is CCC(C)C(CC(C)C)c1ccccc1O. The zero-order valence-corrected chi connectivity index (χ0v) is 10.9. The summed E-state index contributed by atoms with van der Waals surface area (Å²) in [5, 5.41) is 9.94. The van der Waals surface area contributed by atoms with Crippen LogP contribution in [0.1, 0.15) is 52.0 Å². The molecule has 0 aliphatic rings. The molecule has 1 heteroatoms. The lowest BCUT2D eigenvalue weighted by Gasteiger charge is -2.26. The molecule has 2 atom stereocenters. The molecule has 0 spiro atoms. The summed E-state index contributed by atoms with van der Waals surface area (Å²) in [5.41, 5.74) is 1.12. The van der Waals surface area contributed by atoms with Crippen molar-refractivity contribution in [2.75, 3.05) is 0 Å². The minimum Gasteiger partial charge on any atom is -0.508 e. The predicted molar refractivity (Wildman–Crippen MR) is 69.8 cm³/mol. The molecular weight excluding hydrogens is 196 g/mol. The summed E-state index contributed by atoms with van der Waals surface area (Å²) < 4.78 is 0. The van der Waals surface area contributed by atoms with Gasteiger partial charge in [0.15, 0.2) is 0 Å². The van der Waals surface area contributed by atoms with Crippen LogP contribution in [0.2, 0.25) is 0 Å². The molecule has 1 aromatic carbocycles. The maximum absolute atomic E-state index is 9.94. The normalized spacial score (nSPS) is 15.1. The first-order valence-corrected chi connectivity index (χ1v) is 6.34. The second-order valence-electron chi connectivity index (χ2n) is 5.18. The second kappa shape index (κ2) is 5.93. The summed E-state index contributed by atoms with van der Waals surface area (Å²) >= 11 is 0. The van der Waals surface area contributed by atoms with Crippen molar-refractivity contribution in [2.45, 2.75) is 46.5 Å². The van der Waals surface area contributed by atoms with E-state index in [1.807, 2.05) is 12.1 Å². The number of hydrogen-bond acceptors (Lipinski definition) is 1. The molecule has 0 aliphatic carbocycles. The van der Waals surface area contributed by atoms with E-state index in [4.69, 9.17) is 0 Å². The molecule has 0 aliphatic heterocycles. The van der Waals surface area contributed by atoms with E-state index in [-0.39, 0.29) is 0 Å². The number of phenols is 1. The Kier molecular flexibility index (Phi) is 4.85. The Morgan fingerprint density at radius 3 is 2.25 bits per heavy atom. The molecule has 2 unspecified atom stereocenters. The number of phenolic OH excluding ortho intramolecular Hbond substituents is 1. The molecule has 0 saturated carbocycles. The largest absolute Gasteiger partial charge is 0.508 e. The third kappa shape index (κ3) is 3.26. The van der Waals surface area contributed by atoms with Gasteiger partial charge in [0.2, 0.25) is 0 Å². The fourth-order valence-electron chi connectivity index (χ4n) is 2.26. The van der Waals surface area contributed by atoms with E-state index in [0.717, 1.165) is 18.4 Å². The van der Waals surface area contributed by atoms with Gasteiger partial charge in [-0.15, -0.1) is 0 Å². The summed E-state index contributed by atoms with van der Waals surface area (Å²) in [6, 6.07) is 7.77. The molecule has 1 nitrogen and oxygen atoms in total. The van der Waals surface area contributed by atoms with E-state index < -0.39 is 0 Å². The van der Waals surface area contributed by atoms with Gasteiger partial charge in [-0.05, 0) is 35.8 Å². The van der Waals surface area contributed by atoms with E-state index in [1.54, 1.807) is 6.07 Å². The van der Waals surface area contributed by atoms with E-state index in [0.29, 0.717) is 23.5 Å². The number of hydrogen-bond donors (Lipinski definition) is 1. The van der Waals surface area contributed by atoms with Crippen LogP contribution < -0.4 is 0 Å². The number of rotatable bonds is 5. The monoisotopic (exact) mass is 220 g/mol. The van der Waals surface area contributed by atoms with Crippen molar-refractivity contribution in [1.82, 2.24) is 0 Å². The Balaban J connectivity index is 2.96. The molecule has 0 aromatic heterocycles. The van der Waals surface area contributed by atoms with Crippen molar-refractivity contribution in [1.29, 1.82) is 0 Å². The molecule has 0 heterocycles. The van der Waals surface area contributed by atoms with Gasteiger partial charge in [-0.25, -0.2) is 0 Å². The van der Waals surface area contributed by atoms with Crippen LogP contribution in [0.25, 0.3) is 0 Å². The highest BCUT2D eigenvalue weighted by molar-refractivity contribution is 5.35. The van der Waals surface area contributed by atoms with Crippen LogP contribution in [0.15, 0.2) is 24.3 Å². The molecular formula is C15H24O. The van der Waals surface area contributed by atoms with Gasteiger partial charge < -0.3 is 5.11 Å². The van der Waals surface area contributed by atoms with Gasteiger partial charge in [0.1, 0.15) is 5.75 Å². The highest BCUT2D eigenvalue weighted by Crippen LogP contribution is 2.37. The van der Waals surface area contributed by atoms with Crippen LogP contribution in [0.5, 0.6) is 5.75 Å². The molecule has 0 saturated heterocycles. The minimum absolute atomic E-state index is 0.452. The highest BCUT2D eigenvalue weighted by Gasteiger charge is 2.21. The fourth-order valence-corrected chi connectivity index (χ4v) is 2.26. The Hall–Kier alpha value is -0.980. The number of para-hydroxylation sites is 1. The van der Waals surface area contributed by atoms with Gasteiger partial charge in [0.05, 0.1) is 0 Å². The highest BCUT2D eigenvalue weighted by atomic mass is 16.3. The smallest absolute Gasteiger partial charge is 0.119 e. The van der Waals surface area contributed by atoms with Crippen LogP contribution in [0.4, 0.5) is 0 Å². The van der Waals surface area contributed by atoms with Crippen molar-refractivity contribution < 1.29 is 5.11 Å². The van der Waals surface area contributed by atoms with E-state index in [1.165, 1.54) is 0 Å². The zero-order chi connectivity index (χ0) is 12.1. The zero-order valence-electron chi connectivity index (χ0n) is 10.9. The van der Waals surface area contributed by atoms with E-state index in [2.05, 4.69) is 33.8 Å². The standard InChI is InChI=1S/C15H24O/c1-5-12(4)14(10-11(2)3)13-8-6-7-9-15(13)16/h6-9,11-12,14,16H,5,10H2,1-4H3. The van der Waals surface area contributed by atoms with Gasteiger partial charge in [-0.3, -0.25) is 0 Å². The summed E-state index contributed by atoms with van der Waals surface area (Å²) in [6.45, 7) is 8.99. The van der Waals surface area contributed by atoms with Gasteiger partial charge in [0, 0.05) is 0 Å². The lowest BCUT2D eigenvalue weighted by molar-refractivity contribution is 0.362. The lowest BCUT2D eigenvalue weighted by Crippen LogP contribution is -2.12. The van der Waals surface area contributed by atoms with Gasteiger partial charge in [-0.1, -0.05) is 52.3 Å². The molecule has 0 amide bonds. The Bertz CT molecular complexity index is 317. The summed E-state index contributed by atoms with van der Waals surface area (Å²) in [4.78, 5) is 0. The average molecular weight is 220 g/mol. The van der Waals surface area contributed by atoms with Gasteiger partial charge in [0.25, 0.3) is 0 Å². The lowest BCUT2D eigenvalue weighted by atomic mass is 9.80. The predicted octanol–water partition coefficient (Wildman–Crippen LogP) is 4.57. The van der Waals surface area contributed by atoms with Crippen LogP contribution in [-0.4, -0.2) is 5.11 Å². The van der Waals surface area contributed by atoms with Crippen molar-refractivity contribution in [3.63, 3.8) is 0 Å². The fraction of sp³-hybridized carbons (Fsp3) is 0.600. The molecule has 16 heavy (non-hydrogen) atoms. The van der Waals surface area contributed by atoms with Crippen molar-refractivity contribution >= 4 is 0 Å². The van der Waals surface area contributed by atoms with Crippen LogP contribution in [0.3, 0.4) is 0 Å². The Labute approximate surface area is 99.5 Å². The summed E-state index contributed by atoms with van der Waals surface area (Å²) in [7, 11) is 0. The average Bonchev–Trinajstić information content (AvgIpc) is 2.26. The molecule has 1 rings (SSSR count). The molecule has 1 N–H and O–H groups in total. The van der Waals surface area contributed by atoms with Crippen molar-refractivity contribution in [3.8, 4) is 5.75 Å². The molecule has 0 radical (unpaired) electrons. The van der Waals surface area contributed by atoms with Crippen molar-refractivity contribution in [2.24, 2.45) is 11.8 Å². The van der Waals surface area contributed by atoms with Crippen LogP contribution in [0, 0.1) is 11.8 Å². The van der Waals surface area contributed by atoms with Gasteiger partial charge >= 0.3 is 0 Å². The van der Waals surface area contributed by atoms with Crippen molar-refractivity contribution in [3.05, 3.63) is 29.8 Å². The summed E-state index contributed by atoms with van der Waals surface area (Å²) in [6.07, 6.45) is 2.30. The third-order valence-electron chi connectivity index (χ3n) is 3.39. The quantitative estimate of drug-likeness (QED) is 0.770. The Morgan fingerprint density at radius 1 is 1.12 bits per heavy atom. The van der Waals surface area contributed by atoms with E-state index >= 15 is 0 Å². The third-order valence-corrected chi connectivity index (χ3v) is 3.39. The van der Waals surface area contributed by atoms with Gasteiger partial charge in [-0.2, -0.15) is 0 Å². The maximum atomic E-state index is 9.94. The number of benzene rings is 1. The molecule has 90 valence electrons. The summed E-state index contributed by atoms with van der Waals surface area (Å²) in [5.74, 6) is 2.22. The van der Waals surface area contributed by atoms with Crippen LogP contribution in [-0.2, 0) is 0 Å². The van der Waals surface area contributed by atoms with Crippen LogP contribution >= 0.6 is 0 Å².